The summed E-state index contributed by atoms with van der Waals surface area (Å²) in [6.07, 6.45) is 12.8. The van der Waals surface area contributed by atoms with Gasteiger partial charge in [0.25, 0.3) is 0 Å². The Balaban J connectivity index is 1.19. The van der Waals surface area contributed by atoms with Crippen molar-refractivity contribution in [2.24, 2.45) is 0 Å². The van der Waals surface area contributed by atoms with Crippen molar-refractivity contribution in [2.75, 3.05) is 0 Å². The second-order valence-electron chi connectivity index (χ2n) is 12.8. The molecule has 0 spiro atoms. The molecule has 0 aliphatic carbocycles. The van der Waals surface area contributed by atoms with Gasteiger partial charge in [-0.25, -0.2) is 4.98 Å². The van der Waals surface area contributed by atoms with Crippen LogP contribution in [-0.2, 0) is 0 Å². The van der Waals surface area contributed by atoms with Crippen LogP contribution < -0.4 is 0 Å². The molecule has 10 rings (SSSR count). The lowest BCUT2D eigenvalue weighted by Gasteiger charge is -2.11. The Morgan fingerprint density at radius 2 is 1.18 bits per heavy atom. The van der Waals surface area contributed by atoms with Crippen LogP contribution in [-0.4, -0.2) is 23.3 Å². The van der Waals surface area contributed by atoms with E-state index in [1.807, 2.05) is 6.20 Å². The minimum Gasteiger partial charge on any atom is -0.316 e. The number of hydrogen-bond acceptors (Lipinski definition) is 1. The van der Waals surface area contributed by atoms with Crippen LogP contribution in [0.3, 0.4) is 0 Å². The minimum atomic E-state index is 0.887. The maximum atomic E-state index is 5.19. The van der Waals surface area contributed by atoms with E-state index in [-0.39, 0.29) is 0 Å². The van der Waals surface area contributed by atoms with Crippen molar-refractivity contribution in [1.29, 1.82) is 0 Å². The molecule has 0 aliphatic heterocycles. The molecule has 0 saturated heterocycles. The molecule has 5 nitrogen and oxygen atoms in total. The van der Waals surface area contributed by atoms with Crippen molar-refractivity contribution in [3.63, 3.8) is 0 Å². The Bertz CT molecular complexity index is 2980. The maximum absolute atomic E-state index is 5.19. The van der Waals surface area contributed by atoms with Crippen molar-refractivity contribution in [3.8, 4) is 17.2 Å². The third-order valence-corrected chi connectivity index (χ3v) is 10.1. The minimum absolute atomic E-state index is 0.887. The van der Waals surface area contributed by atoms with Gasteiger partial charge in [-0.1, -0.05) is 78.9 Å². The second kappa shape index (κ2) is 11.0. The Morgan fingerprint density at radius 3 is 1.88 bits per heavy atom. The summed E-state index contributed by atoms with van der Waals surface area (Å²) in [4.78, 5) is 5.19. The molecule has 0 radical (unpaired) electrons. The number of nitrogens with zero attached hydrogens (tertiary/aromatic N) is 5. The third-order valence-electron chi connectivity index (χ3n) is 10.1. The molecule has 0 saturated carbocycles. The SMILES string of the molecule is C/C=C\C(=C/C)n1ccc2ccc3c(c4ccccc4n3-c3ccc(-n4c5ccccc5c5c6c(ccc54)ccn6-c4ccccc4)nc3)c21. The van der Waals surface area contributed by atoms with E-state index >= 15 is 0 Å². The first kappa shape index (κ1) is 28.4. The van der Waals surface area contributed by atoms with E-state index in [0.29, 0.717) is 0 Å². The largest absolute Gasteiger partial charge is 0.316 e. The molecule has 0 N–H and O–H groups in total. The van der Waals surface area contributed by atoms with Gasteiger partial charge < -0.3 is 13.7 Å². The quantitative estimate of drug-likeness (QED) is 0.172. The van der Waals surface area contributed by atoms with Gasteiger partial charge in [-0.2, -0.15) is 0 Å². The van der Waals surface area contributed by atoms with Crippen LogP contribution in [0.5, 0.6) is 0 Å². The summed E-state index contributed by atoms with van der Waals surface area (Å²) in [5.41, 5.74) is 10.3. The van der Waals surface area contributed by atoms with Gasteiger partial charge >= 0.3 is 0 Å². The highest BCUT2D eigenvalue weighted by Gasteiger charge is 2.20. The first-order valence-electron chi connectivity index (χ1n) is 17.1. The highest BCUT2D eigenvalue weighted by Crippen LogP contribution is 2.40. The molecule has 5 heteroatoms. The summed E-state index contributed by atoms with van der Waals surface area (Å²) in [6.45, 7) is 4.16. The van der Waals surface area contributed by atoms with Gasteiger partial charge in [-0.3, -0.25) is 4.57 Å². The van der Waals surface area contributed by atoms with Crippen molar-refractivity contribution in [2.45, 2.75) is 13.8 Å². The fourth-order valence-electron chi connectivity index (χ4n) is 8.04. The van der Waals surface area contributed by atoms with E-state index < -0.39 is 0 Å². The molecule has 0 bridgehead atoms. The molecule has 50 heavy (non-hydrogen) atoms. The zero-order valence-electron chi connectivity index (χ0n) is 27.8. The Morgan fingerprint density at radius 1 is 0.540 bits per heavy atom. The summed E-state index contributed by atoms with van der Waals surface area (Å²) in [5, 5.41) is 7.33. The predicted molar refractivity (Wildman–Crippen MR) is 210 cm³/mol. The van der Waals surface area contributed by atoms with Gasteiger partial charge in [0.2, 0.25) is 0 Å². The van der Waals surface area contributed by atoms with Crippen LogP contribution in [0.2, 0.25) is 0 Å². The molecule has 5 aromatic heterocycles. The lowest BCUT2D eigenvalue weighted by Crippen LogP contribution is -2.00. The van der Waals surface area contributed by atoms with Crippen molar-refractivity contribution < 1.29 is 0 Å². The topological polar surface area (TPSA) is 32.6 Å². The van der Waals surface area contributed by atoms with Crippen LogP contribution >= 0.6 is 0 Å². The van der Waals surface area contributed by atoms with Crippen LogP contribution in [0.4, 0.5) is 0 Å². The van der Waals surface area contributed by atoms with Crippen LogP contribution in [0.15, 0.2) is 164 Å². The highest BCUT2D eigenvalue weighted by atomic mass is 15.1. The van der Waals surface area contributed by atoms with Gasteiger partial charge in [0.1, 0.15) is 5.82 Å². The molecular weight excluding hydrogens is 611 g/mol. The zero-order chi connectivity index (χ0) is 33.3. The number of pyridine rings is 1. The van der Waals surface area contributed by atoms with Crippen molar-refractivity contribution >= 4 is 71.1 Å². The second-order valence-corrected chi connectivity index (χ2v) is 12.8. The Kier molecular flexibility index (Phi) is 6.24. The van der Waals surface area contributed by atoms with E-state index in [0.717, 1.165) is 45.0 Å². The third kappa shape index (κ3) is 3.98. The summed E-state index contributed by atoms with van der Waals surface area (Å²) < 4.78 is 9.27. The van der Waals surface area contributed by atoms with Crippen LogP contribution in [0.1, 0.15) is 13.8 Å². The standard InChI is InChI=1S/C45H33N5/c1-3-12-32(4-2)47-27-25-30-19-22-39-42(44(30)47)35-15-8-10-17-37(35)49(39)34-21-24-41(46-29-34)50-38-18-11-9-16-36(38)43-40(50)23-20-31-26-28-48(45(31)43)33-13-6-5-7-14-33/h3-29H,1-2H3/b12-3-,32-4+. The zero-order valence-corrected chi connectivity index (χ0v) is 27.8. The molecule has 5 heterocycles. The number of fused-ring (bicyclic) bond motifs is 10. The molecule has 238 valence electrons. The number of aromatic nitrogens is 5. The van der Waals surface area contributed by atoms with Crippen molar-refractivity contribution in [3.05, 3.63) is 164 Å². The molecule has 0 aliphatic rings. The number of allylic oxidation sites excluding steroid dienone is 4. The maximum Gasteiger partial charge on any atom is 0.137 e. The molecule has 0 atom stereocenters. The summed E-state index contributed by atoms with van der Waals surface area (Å²) >= 11 is 0. The number of benzene rings is 5. The van der Waals surface area contributed by atoms with E-state index in [4.69, 9.17) is 4.98 Å². The van der Waals surface area contributed by atoms with Gasteiger partial charge in [-0.15, -0.1) is 0 Å². The molecule has 10 aromatic rings. The van der Waals surface area contributed by atoms with E-state index in [2.05, 4.69) is 190 Å². The van der Waals surface area contributed by atoms with Gasteiger partial charge in [0.15, 0.2) is 0 Å². The number of rotatable bonds is 5. The molecular formula is C45H33N5. The highest BCUT2D eigenvalue weighted by molar-refractivity contribution is 6.22. The van der Waals surface area contributed by atoms with E-state index in [1.54, 1.807) is 0 Å². The van der Waals surface area contributed by atoms with Crippen LogP contribution in [0.25, 0.3) is 88.3 Å². The van der Waals surface area contributed by atoms with Crippen molar-refractivity contribution in [1.82, 2.24) is 23.3 Å². The molecule has 0 fully saturated rings. The van der Waals surface area contributed by atoms with E-state index in [1.165, 1.54) is 43.4 Å². The average molecular weight is 644 g/mol. The summed E-state index contributed by atoms with van der Waals surface area (Å²) in [5.74, 6) is 0.887. The number of para-hydroxylation sites is 3. The smallest absolute Gasteiger partial charge is 0.137 e. The lowest BCUT2D eigenvalue weighted by molar-refractivity contribution is 1.05. The molecule has 0 unspecified atom stereocenters. The molecule has 5 aromatic carbocycles. The Labute approximate surface area is 288 Å². The summed E-state index contributed by atoms with van der Waals surface area (Å²) in [6, 6.07) is 45.7. The van der Waals surface area contributed by atoms with Crippen LogP contribution in [0, 0.1) is 0 Å². The fraction of sp³-hybridized carbons (Fsp3) is 0.0444. The number of hydrogen-bond donors (Lipinski definition) is 0. The van der Waals surface area contributed by atoms with Gasteiger partial charge in [0, 0.05) is 56.1 Å². The lowest BCUT2D eigenvalue weighted by atomic mass is 10.1. The van der Waals surface area contributed by atoms with Gasteiger partial charge in [0.05, 0.1) is 45.0 Å². The normalized spacial score (nSPS) is 12.6. The fourth-order valence-corrected chi connectivity index (χ4v) is 8.04. The monoisotopic (exact) mass is 643 g/mol. The average Bonchev–Trinajstić information content (AvgIpc) is 3.94. The first-order chi connectivity index (χ1) is 24.7. The Hall–Kier alpha value is -6.59. The van der Waals surface area contributed by atoms with Gasteiger partial charge in [-0.05, 0) is 80.6 Å². The summed E-state index contributed by atoms with van der Waals surface area (Å²) in [7, 11) is 0. The van der Waals surface area contributed by atoms with E-state index in [9.17, 15) is 0 Å². The first-order valence-corrected chi connectivity index (χ1v) is 17.1. The molecule has 0 amide bonds. The predicted octanol–water partition coefficient (Wildman–Crippen LogP) is 11.6.